The molecule has 2 aliphatic heterocycles. The number of anilines is 1. The zero-order valence-electron chi connectivity index (χ0n) is 12.1. The minimum absolute atomic E-state index is 0.130. The van der Waals surface area contributed by atoms with Crippen LogP contribution in [0.25, 0.3) is 11.3 Å². The van der Waals surface area contributed by atoms with Gasteiger partial charge in [-0.05, 0) is 41.5 Å². The molecule has 108 valence electrons. The quantitative estimate of drug-likeness (QED) is 0.730. The average molecular weight is 288 g/mol. The van der Waals surface area contributed by atoms with Crippen molar-refractivity contribution in [2.24, 2.45) is 0 Å². The number of aromatic nitrogens is 1. The molecule has 0 saturated heterocycles. The molecule has 0 amide bonds. The second-order valence-electron chi connectivity index (χ2n) is 5.86. The van der Waals surface area contributed by atoms with Gasteiger partial charge in [-0.15, -0.1) is 0 Å². The van der Waals surface area contributed by atoms with Crippen molar-refractivity contribution in [2.45, 2.75) is 12.6 Å². The Balaban J connectivity index is 1.65. The third-order valence-electron chi connectivity index (χ3n) is 4.58. The van der Waals surface area contributed by atoms with Crippen LogP contribution in [0, 0.1) is 0 Å². The van der Waals surface area contributed by atoms with Gasteiger partial charge >= 0.3 is 0 Å². The molecule has 3 nitrogen and oxygen atoms in total. The van der Waals surface area contributed by atoms with Crippen molar-refractivity contribution in [1.82, 2.24) is 4.57 Å². The molecule has 3 heterocycles. The highest BCUT2D eigenvalue weighted by molar-refractivity contribution is 5.78. The summed E-state index contributed by atoms with van der Waals surface area (Å²) in [6.07, 6.45) is 3.28. The van der Waals surface area contributed by atoms with Crippen LogP contribution in [0.5, 0.6) is 5.75 Å². The van der Waals surface area contributed by atoms with E-state index in [4.69, 9.17) is 4.74 Å². The van der Waals surface area contributed by atoms with Crippen LogP contribution in [0.3, 0.4) is 0 Å². The van der Waals surface area contributed by atoms with Crippen molar-refractivity contribution in [3.05, 3.63) is 71.9 Å². The van der Waals surface area contributed by atoms with Gasteiger partial charge in [-0.3, -0.25) is 0 Å². The molecule has 0 aliphatic carbocycles. The van der Waals surface area contributed by atoms with E-state index in [2.05, 4.69) is 70.7 Å². The van der Waals surface area contributed by atoms with Gasteiger partial charge in [0.1, 0.15) is 11.9 Å². The summed E-state index contributed by atoms with van der Waals surface area (Å²) in [5, 5.41) is 3.67. The first kappa shape index (κ1) is 11.9. The van der Waals surface area contributed by atoms with Crippen molar-refractivity contribution < 1.29 is 4.74 Å². The van der Waals surface area contributed by atoms with Gasteiger partial charge in [0.15, 0.2) is 0 Å². The summed E-state index contributed by atoms with van der Waals surface area (Å²) >= 11 is 0. The van der Waals surface area contributed by atoms with E-state index in [1.807, 2.05) is 0 Å². The summed E-state index contributed by atoms with van der Waals surface area (Å²) in [5.41, 5.74) is 6.29. The maximum atomic E-state index is 5.62. The van der Waals surface area contributed by atoms with E-state index in [0.717, 1.165) is 18.8 Å². The van der Waals surface area contributed by atoms with Gasteiger partial charge < -0.3 is 14.6 Å². The molecule has 0 radical (unpaired) electrons. The van der Waals surface area contributed by atoms with Crippen LogP contribution in [0.1, 0.15) is 17.3 Å². The molecule has 3 heteroatoms. The monoisotopic (exact) mass is 288 g/mol. The molecule has 0 fully saturated rings. The number of ether oxygens (including phenoxy) is 1. The second-order valence-corrected chi connectivity index (χ2v) is 5.86. The molecular formula is C19H16N2O. The summed E-state index contributed by atoms with van der Waals surface area (Å²) < 4.78 is 7.93. The van der Waals surface area contributed by atoms with E-state index in [1.54, 1.807) is 0 Å². The lowest BCUT2D eigenvalue weighted by Gasteiger charge is -2.31. The van der Waals surface area contributed by atoms with E-state index in [1.165, 1.54) is 28.1 Å². The van der Waals surface area contributed by atoms with Crippen LogP contribution in [0.2, 0.25) is 0 Å². The summed E-state index contributed by atoms with van der Waals surface area (Å²) in [7, 11) is 0. The number of rotatable bonds is 1. The minimum Gasteiger partial charge on any atom is -0.493 e. The highest BCUT2D eigenvalue weighted by Crippen LogP contribution is 2.39. The Kier molecular flexibility index (Phi) is 2.39. The standard InChI is InChI=1S/C19H16N2O/c1-2-5-16-15(4-1)17-6-3-10-21(17)19(20-16)14-7-8-18-13(12-14)9-11-22-18/h1-8,10,12,19-20H,9,11H2/t19-/m1/s1. The molecule has 0 spiro atoms. The smallest absolute Gasteiger partial charge is 0.129 e. The van der Waals surface area contributed by atoms with E-state index < -0.39 is 0 Å². The largest absolute Gasteiger partial charge is 0.493 e. The Labute approximate surface area is 129 Å². The first-order valence-electron chi connectivity index (χ1n) is 7.68. The topological polar surface area (TPSA) is 26.2 Å². The highest BCUT2D eigenvalue weighted by Gasteiger charge is 2.25. The zero-order chi connectivity index (χ0) is 14.5. The molecule has 0 saturated carbocycles. The van der Waals surface area contributed by atoms with E-state index >= 15 is 0 Å². The Morgan fingerprint density at radius 1 is 1.05 bits per heavy atom. The van der Waals surface area contributed by atoms with Gasteiger partial charge in [0.25, 0.3) is 0 Å². The zero-order valence-corrected chi connectivity index (χ0v) is 12.1. The third-order valence-corrected chi connectivity index (χ3v) is 4.58. The lowest BCUT2D eigenvalue weighted by atomic mass is 10.0. The number of para-hydroxylation sites is 1. The molecule has 0 bridgehead atoms. The van der Waals surface area contributed by atoms with Crippen molar-refractivity contribution in [1.29, 1.82) is 0 Å². The molecule has 2 aliphatic rings. The molecular weight excluding hydrogens is 272 g/mol. The average Bonchev–Trinajstić information content (AvgIpc) is 3.22. The molecule has 0 unspecified atom stereocenters. The molecule has 5 rings (SSSR count). The molecule has 1 atom stereocenters. The summed E-state index contributed by atoms with van der Waals surface area (Å²) in [6.45, 7) is 0.800. The fraction of sp³-hybridized carbons (Fsp3) is 0.158. The lowest BCUT2D eigenvalue weighted by Crippen LogP contribution is -2.23. The van der Waals surface area contributed by atoms with E-state index in [0.29, 0.717) is 0 Å². The van der Waals surface area contributed by atoms with Crippen LogP contribution in [-0.4, -0.2) is 11.2 Å². The van der Waals surface area contributed by atoms with Gasteiger partial charge in [-0.25, -0.2) is 0 Å². The van der Waals surface area contributed by atoms with E-state index in [9.17, 15) is 0 Å². The predicted molar refractivity (Wildman–Crippen MR) is 87.3 cm³/mol. The van der Waals surface area contributed by atoms with Gasteiger partial charge in [0, 0.05) is 23.9 Å². The van der Waals surface area contributed by atoms with E-state index in [-0.39, 0.29) is 6.17 Å². The maximum absolute atomic E-state index is 5.62. The second kappa shape index (κ2) is 4.41. The summed E-state index contributed by atoms with van der Waals surface area (Å²) in [5.74, 6) is 1.03. The molecule has 1 aromatic heterocycles. The number of hydrogen-bond acceptors (Lipinski definition) is 2. The van der Waals surface area contributed by atoms with Crippen LogP contribution in [0.15, 0.2) is 60.8 Å². The third kappa shape index (κ3) is 1.62. The van der Waals surface area contributed by atoms with Crippen molar-refractivity contribution >= 4 is 5.69 Å². The van der Waals surface area contributed by atoms with Crippen LogP contribution in [0.4, 0.5) is 5.69 Å². The molecule has 2 aromatic carbocycles. The van der Waals surface area contributed by atoms with Crippen molar-refractivity contribution in [3.63, 3.8) is 0 Å². The molecule has 1 N–H and O–H groups in total. The number of hydrogen-bond donors (Lipinski definition) is 1. The Morgan fingerprint density at radius 2 is 2.00 bits per heavy atom. The molecule has 3 aromatic rings. The summed E-state index contributed by atoms with van der Waals surface area (Å²) in [4.78, 5) is 0. The van der Waals surface area contributed by atoms with Crippen LogP contribution >= 0.6 is 0 Å². The fourth-order valence-electron chi connectivity index (χ4n) is 3.52. The van der Waals surface area contributed by atoms with Gasteiger partial charge in [-0.2, -0.15) is 0 Å². The predicted octanol–water partition coefficient (Wildman–Crippen LogP) is 4.06. The summed E-state index contributed by atoms with van der Waals surface area (Å²) in [6, 6.07) is 19.3. The highest BCUT2D eigenvalue weighted by atomic mass is 16.5. The number of benzene rings is 2. The van der Waals surface area contributed by atoms with Crippen LogP contribution in [-0.2, 0) is 6.42 Å². The SMILES string of the molecule is c1ccc2c(c1)N[C@@H](c1ccc3c(c1)CCO3)n1cccc1-2. The molecule has 22 heavy (non-hydrogen) atoms. The minimum atomic E-state index is 0.130. The van der Waals surface area contributed by atoms with Gasteiger partial charge in [0.05, 0.1) is 12.3 Å². The first-order valence-corrected chi connectivity index (χ1v) is 7.68. The normalized spacial score (nSPS) is 17.9. The lowest BCUT2D eigenvalue weighted by molar-refractivity contribution is 0.357. The Morgan fingerprint density at radius 3 is 3.00 bits per heavy atom. The Bertz CT molecular complexity index is 865. The maximum Gasteiger partial charge on any atom is 0.129 e. The first-order chi connectivity index (χ1) is 10.9. The fourth-order valence-corrected chi connectivity index (χ4v) is 3.52. The van der Waals surface area contributed by atoms with Crippen molar-refractivity contribution in [3.8, 4) is 17.0 Å². The Hall–Kier alpha value is -2.68. The van der Waals surface area contributed by atoms with Crippen LogP contribution < -0.4 is 10.1 Å². The van der Waals surface area contributed by atoms with Gasteiger partial charge in [0.2, 0.25) is 0 Å². The number of nitrogens with one attached hydrogen (secondary N) is 1. The van der Waals surface area contributed by atoms with Gasteiger partial charge in [-0.1, -0.05) is 24.3 Å². The number of nitrogens with zero attached hydrogens (tertiary/aromatic N) is 1. The number of fused-ring (bicyclic) bond motifs is 4. The van der Waals surface area contributed by atoms with Crippen molar-refractivity contribution in [2.75, 3.05) is 11.9 Å².